The van der Waals surface area contributed by atoms with Crippen LogP contribution in [0.4, 0.5) is 10.5 Å². The number of amides is 3. The number of piperidine rings is 1. The van der Waals surface area contributed by atoms with E-state index in [1.54, 1.807) is 24.3 Å². The molecule has 1 aromatic rings. The average Bonchev–Trinajstić information content (AvgIpc) is 2.69. The number of rotatable bonds is 3. The third-order valence-corrected chi connectivity index (χ3v) is 5.34. The van der Waals surface area contributed by atoms with Crippen molar-refractivity contribution in [2.45, 2.75) is 51.0 Å². The van der Waals surface area contributed by atoms with Crippen molar-refractivity contribution in [2.24, 2.45) is 5.92 Å². The van der Waals surface area contributed by atoms with E-state index < -0.39 is 0 Å². The molecule has 2 aliphatic rings. The number of nitriles is 1. The van der Waals surface area contributed by atoms with Crippen molar-refractivity contribution >= 4 is 17.6 Å². The summed E-state index contributed by atoms with van der Waals surface area (Å²) in [6.45, 7) is 1.21. The van der Waals surface area contributed by atoms with Gasteiger partial charge < -0.3 is 15.5 Å². The highest BCUT2D eigenvalue weighted by Crippen LogP contribution is 2.21. The van der Waals surface area contributed by atoms with Gasteiger partial charge in [-0.05, 0) is 43.9 Å². The number of benzene rings is 1. The average molecular weight is 354 g/mol. The zero-order valence-electron chi connectivity index (χ0n) is 15.0. The minimum atomic E-state index is -0.0977. The Bertz CT molecular complexity index is 683. The number of urea groups is 1. The highest BCUT2D eigenvalue weighted by molar-refractivity contribution is 5.92. The van der Waals surface area contributed by atoms with E-state index >= 15 is 0 Å². The van der Waals surface area contributed by atoms with Crippen LogP contribution in [-0.2, 0) is 4.79 Å². The highest BCUT2D eigenvalue weighted by atomic mass is 16.2. The second kappa shape index (κ2) is 8.70. The third kappa shape index (κ3) is 4.75. The molecule has 2 N–H and O–H groups in total. The molecule has 2 fully saturated rings. The lowest BCUT2D eigenvalue weighted by Gasteiger charge is -2.33. The van der Waals surface area contributed by atoms with Crippen LogP contribution in [0.1, 0.15) is 50.5 Å². The number of nitrogens with one attached hydrogen (secondary N) is 2. The number of anilines is 1. The first-order valence-electron chi connectivity index (χ1n) is 9.52. The molecular formula is C20H26N4O2. The van der Waals surface area contributed by atoms with E-state index in [-0.39, 0.29) is 17.9 Å². The molecule has 0 radical (unpaired) electrons. The highest BCUT2D eigenvalue weighted by Gasteiger charge is 2.28. The van der Waals surface area contributed by atoms with Gasteiger partial charge in [0.15, 0.2) is 0 Å². The summed E-state index contributed by atoms with van der Waals surface area (Å²) in [5.74, 6) is -0.132. The first kappa shape index (κ1) is 18.2. The van der Waals surface area contributed by atoms with Gasteiger partial charge in [0.25, 0.3) is 0 Å². The van der Waals surface area contributed by atoms with Crippen LogP contribution >= 0.6 is 0 Å². The van der Waals surface area contributed by atoms with Crippen LogP contribution in [0.3, 0.4) is 0 Å². The summed E-state index contributed by atoms with van der Waals surface area (Å²) < 4.78 is 0. The maximum Gasteiger partial charge on any atom is 0.317 e. The van der Waals surface area contributed by atoms with Gasteiger partial charge in [-0.3, -0.25) is 4.79 Å². The lowest BCUT2D eigenvalue weighted by atomic mass is 9.95. The number of hydrogen-bond acceptors (Lipinski definition) is 3. The number of hydrogen-bond donors (Lipinski definition) is 2. The zero-order valence-corrected chi connectivity index (χ0v) is 15.0. The van der Waals surface area contributed by atoms with Gasteiger partial charge in [-0.2, -0.15) is 5.26 Å². The van der Waals surface area contributed by atoms with Crippen LogP contribution in [0, 0.1) is 17.2 Å². The summed E-state index contributed by atoms with van der Waals surface area (Å²) in [6, 6.07) is 9.31. The molecule has 1 heterocycles. The van der Waals surface area contributed by atoms with Crippen molar-refractivity contribution in [3.05, 3.63) is 29.8 Å². The molecular weight excluding hydrogens is 328 g/mol. The molecule has 1 aliphatic carbocycles. The number of carbonyl (C=O) groups is 2. The molecule has 1 saturated carbocycles. The lowest BCUT2D eigenvalue weighted by Crippen LogP contribution is -2.49. The zero-order chi connectivity index (χ0) is 18.4. The molecule has 1 saturated heterocycles. The molecule has 0 spiro atoms. The van der Waals surface area contributed by atoms with Crippen molar-refractivity contribution in [1.82, 2.24) is 10.2 Å². The minimum absolute atomic E-state index is 0.0116. The Labute approximate surface area is 154 Å². The molecule has 0 aromatic heterocycles. The van der Waals surface area contributed by atoms with Gasteiger partial charge in [-0.25, -0.2) is 4.79 Å². The molecule has 1 aromatic carbocycles. The van der Waals surface area contributed by atoms with Gasteiger partial charge in [0, 0.05) is 30.7 Å². The summed E-state index contributed by atoms with van der Waals surface area (Å²) in [5, 5.41) is 15.0. The van der Waals surface area contributed by atoms with Crippen molar-refractivity contribution in [2.75, 3.05) is 18.4 Å². The van der Waals surface area contributed by atoms with E-state index in [1.807, 2.05) is 4.90 Å². The third-order valence-electron chi connectivity index (χ3n) is 5.34. The topological polar surface area (TPSA) is 85.2 Å². The van der Waals surface area contributed by atoms with Crippen molar-refractivity contribution < 1.29 is 9.59 Å². The van der Waals surface area contributed by atoms with Crippen LogP contribution < -0.4 is 10.6 Å². The predicted octanol–water partition coefficient (Wildman–Crippen LogP) is 3.25. The van der Waals surface area contributed by atoms with Crippen molar-refractivity contribution in [1.29, 1.82) is 5.26 Å². The van der Waals surface area contributed by atoms with Crippen molar-refractivity contribution in [3.8, 4) is 6.07 Å². The van der Waals surface area contributed by atoms with Gasteiger partial charge in [-0.1, -0.05) is 25.3 Å². The van der Waals surface area contributed by atoms with E-state index in [0.29, 0.717) is 43.2 Å². The Morgan fingerprint density at radius 3 is 2.50 bits per heavy atom. The molecule has 6 heteroatoms. The molecule has 138 valence electrons. The number of likely N-dealkylation sites (tertiary alicyclic amines) is 1. The minimum Gasteiger partial charge on any atom is -0.335 e. The van der Waals surface area contributed by atoms with E-state index in [2.05, 4.69) is 16.7 Å². The molecule has 0 atom stereocenters. The summed E-state index contributed by atoms with van der Waals surface area (Å²) in [5.41, 5.74) is 1.17. The Kier molecular flexibility index (Phi) is 6.11. The lowest BCUT2D eigenvalue weighted by molar-refractivity contribution is -0.121. The summed E-state index contributed by atoms with van der Waals surface area (Å²) in [4.78, 5) is 26.7. The smallest absolute Gasteiger partial charge is 0.317 e. The van der Waals surface area contributed by atoms with Crippen molar-refractivity contribution in [3.63, 3.8) is 0 Å². The molecule has 0 unspecified atom stereocenters. The van der Waals surface area contributed by atoms with Gasteiger partial charge in [0.1, 0.15) is 0 Å². The largest absolute Gasteiger partial charge is 0.335 e. The van der Waals surface area contributed by atoms with E-state index in [1.165, 1.54) is 19.3 Å². The van der Waals surface area contributed by atoms with Crippen LogP contribution in [0.2, 0.25) is 0 Å². The maximum atomic E-state index is 12.4. The predicted molar refractivity (Wildman–Crippen MR) is 99.5 cm³/mol. The second-order valence-electron chi connectivity index (χ2n) is 7.23. The van der Waals surface area contributed by atoms with E-state index in [0.717, 1.165) is 12.8 Å². The van der Waals surface area contributed by atoms with Gasteiger partial charge in [0.05, 0.1) is 11.6 Å². The first-order valence-corrected chi connectivity index (χ1v) is 9.52. The molecule has 26 heavy (non-hydrogen) atoms. The van der Waals surface area contributed by atoms with Gasteiger partial charge in [-0.15, -0.1) is 0 Å². The van der Waals surface area contributed by atoms with E-state index in [4.69, 9.17) is 5.26 Å². The SMILES string of the molecule is N#Cc1cccc(NC(=O)C2CCN(C(=O)NC3CCCCC3)CC2)c1. The van der Waals surface area contributed by atoms with Crippen LogP contribution in [0.15, 0.2) is 24.3 Å². The van der Waals surface area contributed by atoms with Crippen LogP contribution in [0.25, 0.3) is 0 Å². The Balaban J connectivity index is 1.46. The molecule has 3 rings (SSSR count). The summed E-state index contributed by atoms with van der Waals surface area (Å²) in [7, 11) is 0. The second-order valence-corrected chi connectivity index (χ2v) is 7.23. The van der Waals surface area contributed by atoms with E-state index in [9.17, 15) is 9.59 Å². The summed E-state index contributed by atoms with van der Waals surface area (Å²) >= 11 is 0. The van der Waals surface area contributed by atoms with Crippen LogP contribution in [0.5, 0.6) is 0 Å². The molecule has 1 aliphatic heterocycles. The van der Waals surface area contributed by atoms with Gasteiger partial charge >= 0.3 is 6.03 Å². The Morgan fingerprint density at radius 2 is 1.81 bits per heavy atom. The fourth-order valence-corrected chi connectivity index (χ4v) is 3.77. The van der Waals surface area contributed by atoms with Crippen LogP contribution in [-0.4, -0.2) is 36.0 Å². The Morgan fingerprint density at radius 1 is 1.08 bits per heavy atom. The standard InChI is InChI=1S/C20H26N4O2/c21-14-15-5-4-8-18(13-15)22-19(25)16-9-11-24(12-10-16)20(26)23-17-6-2-1-3-7-17/h4-5,8,13,16-17H,1-3,6-7,9-12H2,(H,22,25)(H,23,26). The maximum absolute atomic E-state index is 12.4. The monoisotopic (exact) mass is 354 g/mol. The fourth-order valence-electron chi connectivity index (χ4n) is 3.77. The fraction of sp³-hybridized carbons (Fsp3) is 0.550. The quantitative estimate of drug-likeness (QED) is 0.874. The van der Waals surface area contributed by atoms with Gasteiger partial charge in [0.2, 0.25) is 5.91 Å². The summed E-state index contributed by atoms with van der Waals surface area (Å²) in [6.07, 6.45) is 7.15. The first-order chi connectivity index (χ1) is 12.7. The molecule has 0 bridgehead atoms. The Hall–Kier alpha value is -2.55. The molecule has 3 amide bonds. The molecule has 6 nitrogen and oxygen atoms in total. The number of carbonyl (C=O) groups excluding carboxylic acids is 2. The number of nitrogens with zero attached hydrogens (tertiary/aromatic N) is 2. The normalized spacial score (nSPS) is 18.8.